The first-order valence-electron chi connectivity index (χ1n) is 8.49. The first-order valence-corrected chi connectivity index (χ1v) is 9.93. The molecule has 0 bridgehead atoms. The molecule has 1 atom stereocenters. The molecule has 4 rings (SSSR count). The van der Waals surface area contributed by atoms with E-state index in [0.29, 0.717) is 13.1 Å². The molecule has 1 aromatic carbocycles. The number of fused-ring (bicyclic) bond motifs is 2. The van der Waals surface area contributed by atoms with E-state index in [2.05, 4.69) is 9.97 Å². The lowest BCUT2D eigenvalue weighted by molar-refractivity contribution is 0.219. The highest BCUT2D eigenvalue weighted by molar-refractivity contribution is 7.89. The van der Waals surface area contributed by atoms with Crippen LogP contribution < -0.4 is 0 Å². The molecule has 25 heavy (non-hydrogen) atoms. The van der Waals surface area contributed by atoms with Crippen LogP contribution in [0.4, 0.5) is 4.39 Å². The van der Waals surface area contributed by atoms with Crippen molar-refractivity contribution >= 4 is 10.0 Å². The summed E-state index contributed by atoms with van der Waals surface area (Å²) in [7, 11) is -3.63. The Labute approximate surface area is 147 Å². The zero-order valence-electron chi connectivity index (χ0n) is 14.1. The molecule has 1 saturated heterocycles. The Bertz CT molecular complexity index is 910. The van der Waals surface area contributed by atoms with Gasteiger partial charge < -0.3 is 0 Å². The van der Waals surface area contributed by atoms with E-state index in [4.69, 9.17) is 0 Å². The number of piperidine rings is 1. The summed E-state index contributed by atoms with van der Waals surface area (Å²) in [4.78, 5) is 9.06. The lowest BCUT2D eigenvalue weighted by Crippen LogP contribution is -2.47. The monoisotopic (exact) mass is 361 g/mol. The quantitative estimate of drug-likeness (QED) is 0.825. The fourth-order valence-electron chi connectivity index (χ4n) is 4.08. The van der Waals surface area contributed by atoms with Gasteiger partial charge in [0.15, 0.2) is 0 Å². The zero-order valence-corrected chi connectivity index (χ0v) is 14.9. The van der Waals surface area contributed by atoms with E-state index in [1.165, 1.54) is 28.6 Å². The molecule has 1 aliphatic heterocycles. The second-order valence-electron chi connectivity index (χ2n) is 6.97. The minimum absolute atomic E-state index is 0.142. The van der Waals surface area contributed by atoms with Gasteiger partial charge in [0.05, 0.1) is 10.6 Å². The Kier molecular flexibility index (Phi) is 3.88. The van der Waals surface area contributed by atoms with Gasteiger partial charge in [-0.25, -0.2) is 22.8 Å². The van der Waals surface area contributed by atoms with E-state index in [9.17, 15) is 12.8 Å². The van der Waals surface area contributed by atoms with Gasteiger partial charge in [0.25, 0.3) is 0 Å². The van der Waals surface area contributed by atoms with Gasteiger partial charge in [-0.15, -0.1) is 0 Å². The fourth-order valence-corrected chi connectivity index (χ4v) is 5.64. The molecule has 2 heterocycles. The standard InChI is InChI=1S/C18H20FN3O2S/c1-13-20-11-14-7-9-18(17(14)21-13)8-2-10-22(12-18)25(23,24)16-5-3-15(19)4-6-16/h3-6,11H,2,7-10,12H2,1H3. The van der Waals surface area contributed by atoms with Crippen LogP contribution in [-0.2, 0) is 21.9 Å². The molecular formula is C18H20FN3O2S. The summed E-state index contributed by atoms with van der Waals surface area (Å²) in [5, 5.41) is 0. The molecule has 1 spiro atoms. The van der Waals surface area contributed by atoms with Gasteiger partial charge >= 0.3 is 0 Å². The van der Waals surface area contributed by atoms with Crippen molar-refractivity contribution in [3.8, 4) is 0 Å². The maximum absolute atomic E-state index is 13.1. The maximum atomic E-state index is 13.1. The highest BCUT2D eigenvalue weighted by atomic mass is 32.2. The number of aromatic nitrogens is 2. The van der Waals surface area contributed by atoms with Crippen LogP contribution in [0.2, 0.25) is 0 Å². The minimum Gasteiger partial charge on any atom is -0.241 e. The van der Waals surface area contributed by atoms with Gasteiger partial charge in [-0.2, -0.15) is 4.31 Å². The van der Waals surface area contributed by atoms with Crippen molar-refractivity contribution in [2.45, 2.75) is 42.9 Å². The van der Waals surface area contributed by atoms with E-state index in [1.807, 2.05) is 13.1 Å². The number of halogens is 1. The van der Waals surface area contributed by atoms with Gasteiger partial charge in [-0.05, 0) is 62.4 Å². The van der Waals surface area contributed by atoms with Crippen LogP contribution in [0.1, 0.15) is 36.3 Å². The van der Waals surface area contributed by atoms with E-state index in [1.54, 1.807) is 0 Å². The molecule has 0 radical (unpaired) electrons. The summed E-state index contributed by atoms with van der Waals surface area (Å²) in [5.74, 6) is 0.282. The largest absolute Gasteiger partial charge is 0.243 e. The number of hydrogen-bond donors (Lipinski definition) is 0. The maximum Gasteiger partial charge on any atom is 0.243 e. The van der Waals surface area contributed by atoms with E-state index in [-0.39, 0.29) is 10.3 Å². The second-order valence-corrected chi connectivity index (χ2v) is 8.91. The van der Waals surface area contributed by atoms with Crippen molar-refractivity contribution in [1.29, 1.82) is 0 Å². The number of rotatable bonds is 2. The second kappa shape index (κ2) is 5.85. The zero-order chi connectivity index (χ0) is 17.7. The number of aryl methyl sites for hydroxylation is 2. The molecule has 0 saturated carbocycles. The molecule has 0 amide bonds. The van der Waals surface area contributed by atoms with E-state index in [0.717, 1.165) is 42.8 Å². The summed E-state index contributed by atoms with van der Waals surface area (Å²) >= 11 is 0. The molecule has 1 aliphatic carbocycles. The van der Waals surface area contributed by atoms with E-state index >= 15 is 0 Å². The Morgan fingerprint density at radius 2 is 1.96 bits per heavy atom. The topological polar surface area (TPSA) is 63.2 Å². The van der Waals surface area contributed by atoms with Crippen molar-refractivity contribution in [1.82, 2.24) is 14.3 Å². The molecular weight excluding hydrogens is 341 g/mol. The van der Waals surface area contributed by atoms with Crippen molar-refractivity contribution in [3.63, 3.8) is 0 Å². The molecule has 5 nitrogen and oxygen atoms in total. The highest BCUT2D eigenvalue weighted by Gasteiger charge is 2.46. The van der Waals surface area contributed by atoms with Crippen LogP contribution in [0, 0.1) is 12.7 Å². The molecule has 2 aromatic rings. The summed E-state index contributed by atoms with van der Waals surface area (Å²) in [6.45, 7) is 2.78. The number of nitrogens with zero attached hydrogens (tertiary/aromatic N) is 3. The number of hydrogen-bond acceptors (Lipinski definition) is 4. The predicted molar refractivity (Wildman–Crippen MR) is 91.2 cm³/mol. The third kappa shape index (κ3) is 2.75. The van der Waals surface area contributed by atoms with Crippen molar-refractivity contribution < 1.29 is 12.8 Å². The lowest BCUT2D eigenvalue weighted by atomic mass is 9.78. The summed E-state index contributed by atoms with van der Waals surface area (Å²) in [5.41, 5.74) is 1.92. The van der Waals surface area contributed by atoms with Crippen LogP contribution >= 0.6 is 0 Å². The van der Waals surface area contributed by atoms with Gasteiger partial charge in [0.2, 0.25) is 10.0 Å². The van der Waals surface area contributed by atoms with Crippen LogP contribution in [0.15, 0.2) is 35.4 Å². The average Bonchev–Trinajstić information content (AvgIpc) is 2.93. The van der Waals surface area contributed by atoms with Gasteiger partial charge in [-0.1, -0.05) is 0 Å². The van der Waals surface area contributed by atoms with Crippen LogP contribution in [0.5, 0.6) is 0 Å². The SMILES string of the molecule is Cc1ncc2c(n1)C1(CCCN(S(=O)(=O)c3ccc(F)cc3)C1)CC2. The Morgan fingerprint density at radius 1 is 1.20 bits per heavy atom. The fraction of sp³-hybridized carbons (Fsp3) is 0.444. The number of sulfonamides is 1. The lowest BCUT2D eigenvalue weighted by Gasteiger charge is -2.39. The first-order chi connectivity index (χ1) is 11.9. The smallest absolute Gasteiger partial charge is 0.241 e. The van der Waals surface area contributed by atoms with Crippen LogP contribution in [-0.4, -0.2) is 35.8 Å². The Hall–Kier alpha value is -1.86. The predicted octanol–water partition coefficient (Wildman–Crippen LogP) is 2.59. The third-order valence-electron chi connectivity index (χ3n) is 5.35. The molecule has 1 fully saturated rings. The first kappa shape index (κ1) is 16.6. The summed E-state index contributed by atoms with van der Waals surface area (Å²) < 4.78 is 40.7. The molecule has 7 heteroatoms. The molecule has 1 aromatic heterocycles. The normalized spacial score (nSPS) is 23.8. The van der Waals surface area contributed by atoms with E-state index < -0.39 is 15.8 Å². The van der Waals surface area contributed by atoms with Gasteiger partial charge in [0.1, 0.15) is 11.6 Å². The Balaban J connectivity index is 1.69. The van der Waals surface area contributed by atoms with Crippen molar-refractivity contribution in [3.05, 3.63) is 53.4 Å². The van der Waals surface area contributed by atoms with Crippen molar-refractivity contribution in [2.75, 3.05) is 13.1 Å². The highest BCUT2D eigenvalue weighted by Crippen LogP contribution is 2.44. The Morgan fingerprint density at radius 3 is 2.72 bits per heavy atom. The molecule has 0 N–H and O–H groups in total. The van der Waals surface area contributed by atoms with Gasteiger partial charge in [0, 0.05) is 24.7 Å². The van der Waals surface area contributed by atoms with Gasteiger partial charge in [-0.3, -0.25) is 0 Å². The van der Waals surface area contributed by atoms with Crippen LogP contribution in [0.25, 0.3) is 0 Å². The molecule has 2 aliphatic rings. The third-order valence-corrected chi connectivity index (χ3v) is 7.21. The molecule has 1 unspecified atom stereocenters. The molecule has 132 valence electrons. The number of benzene rings is 1. The minimum atomic E-state index is -3.63. The average molecular weight is 361 g/mol. The summed E-state index contributed by atoms with van der Waals surface area (Å²) in [6, 6.07) is 5.05. The summed E-state index contributed by atoms with van der Waals surface area (Å²) in [6.07, 6.45) is 5.39. The van der Waals surface area contributed by atoms with Crippen LogP contribution in [0.3, 0.4) is 0 Å². The van der Waals surface area contributed by atoms with Crippen molar-refractivity contribution in [2.24, 2.45) is 0 Å².